The number of anilines is 1. The molecule has 0 aliphatic carbocycles. The summed E-state index contributed by atoms with van der Waals surface area (Å²) in [5.74, 6) is -0.860. The fraction of sp³-hybridized carbons (Fsp3) is 0.364. The Morgan fingerprint density at radius 2 is 2.00 bits per heavy atom. The number of halogens is 3. The van der Waals surface area contributed by atoms with Gasteiger partial charge < -0.3 is 10.2 Å². The van der Waals surface area contributed by atoms with Gasteiger partial charge in [-0.1, -0.05) is 0 Å². The first-order chi connectivity index (χ1) is 9.45. The molecule has 118 valence electrons. The Balaban J connectivity index is 2.85. The standard InChI is InChI=1S/C11H13F2IN2O4S/c1-16(2)9-4-3-7(5-8(9)14)10(17)15-6-11(12,13)21(18,19)20/h3-5H,6H2,1-2H3,(H,15,17)(H,18,19,20). The van der Waals surface area contributed by atoms with Crippen LogP contribution in [0.15, 0.2) is 18.2 Å². The van der Waals surface area contributed by atoms with Crippen molar-refractivity contribution in [3.63, 3.8) is 0 Å². The van der Waals surface area contributed by atoms with Crippen LogP contribution in [0.25, 0.3) is 0 Å². The van der Waals surface area contributed by atoms with E-state index in [2.05, 4.69) is 0 Å². The second-order valence-corrected chi connectivity index (χ2v) is 7.07. The van der Waals surface area contributed by atoms with Crippen molar-refractivity contribution in [2.45, 2.75) is 5.25 Å². The Kier molecular flexibility index (Phi) is 5.50. The van der Waals surface area contributed by atoms with Gasteiger partial charge in [0.2, 0.25) is 0 Å². The Morgan fingerprint density at radius 1 is 1.43 bits per heavy atom. The van der Waals surface area contributed by atoms with E-state index in [0.29, 0.717) is 0 Å². The van der Waals surface area contributed by atoms with Gasteiger partial charge in [-0.25, -0.2) is 0 Å². The number of nitrogens with zero attached hydrogens (tertiary/aromatic N) is 1. The smallest absolute Gasteiger partial charge is 0.377 e. The first-order valence-electron chi connectivity index (χ1n) is 5.55. The molecular formula is C11H13F2IN2O4S. The van der Waals surface area contributed by atoms with Gasteiger partial charge >= 0.3 is 15.4 Å². The van der Waals surface area contributed by atoms with Gasteiger partial charge in [0.05, 0.1) is 6.54 Å². The van der Waals surface area contributed by atoms with Gasteiger partial charge in [-0.3, -0.25) is 9.35 Å². The number of carbonyl (C=O) groups excluding carboxylic acids is 1. The van der Waals surface area contributed by atoms with Gasteiger partial charge in [0.1, 0.15) is 0 Å². The zero-order valence-corrected chi connectivity index (χ0v) is 14.1. The van der Waals surface area contributed by atoms with Crippen LogP contribution in [0.1, 0.15) is 10.4 Å². The van der Waals surface area contributed by atoms with Crippen molar-refractivity contribution >= 4 is 44.3 Å². The van der Waals surface area contributed by atoms with E-state index >= 15 is 0 Å². The summed E-state index contributed by atoms with van der Waals surface area (Å²) in [6.45, 7) is -1.50. The number of amides is 1. The molecule has 0 saturated heterocycles. The van der Waals surface area contributed by atoms with Crippen LogP contribution in [0, 0.1) is 3.57 Å². The minimum atomic E-state index is -5.56. The van der Waals surface area contributed by atoms with Crippen molar-refractivity contribution in [2.75, 3.05) is 25.5 Å². The third kappa shape index (κ3) is 4.48. The molecule has 0 atom stereocenters. The van der Waals surface area contributed by atoms with Crippen LogP contribution < -0.4 is 10.2 Å². The maximum Gasteiger partial charge on any atom is 0.386 e. The molecule has 1 rings (SSSR count). The maximum atomic E-state index is 13.0. The minimum Gasteiger partial charge on any atom is -0.377 e. The molecule has 0 aliphatic heterocycles. The van der Waals surface area contributed by atoms with Crippen molar-refractivity contribution in [1.29, 1.82) is 0 Å². The van der Waals surface area contributed by atoms with E-state index in [0.717, 1.165) is 9.26 Å². The second-order valence-electron chi connectivity index (χ2n) is 4.36. The van der Waals surface area contributed by atoms with E-state index in [1.54, 1.807) is 11.4 Å². The first kappa shape index (κ1) is 18.0. The molecule has 21 heavy (non-hydrogen) atoms. The lowest BCUT2D eigenvalue weighted by molar-refractivity contribution is 0.0699. The molecule has 0 saturated carbocycles. The molecular weight excluding hydrogens is 421 g/mol. The largest absolute Gasteiger partial charge is 0.386 e. The average Bonchev–Trinajstić information content (AvgIpc) is 2.34. The number of rotatable bonds is 5. The van der Waals surface area contributed by atoms with Gasteiger partial charge in [0, 0.05) is 28.9 Å². The molecule has 0 spiro atoms. The van der Waals surface area contributed by atoms with Crippen LogP contribution in [0.2, 0.25) is 0 Å². The summed E-state index contributed by atoms with van der Waals surface area (Å²) < 4.78 is 55.9. The summed E-state index contributed by atoms with van der Waals surface area (Å²) in [5, 5.41) is -2.65. The molecule has 0 radical (unpaired) electrons. The SMILES string of the molecule is CN(C)c1ccc(C(=O)NCC(F)(F)S(=O)(=O)O)cc1I. The summed E-state index contributed by atoms with van der Waals surface area (Å²) in [6, 6.07) is 4.55. The van der Waals surface area contributed by atoms with Gasteiger partial charge in [0.25, 0.3) is 5.91 Å². The monoisotopic (exact) mass is 434 g/mol. The fourth-order valence-corrected chi connectivity index (χ4v) is 2.64. The third-order valence-corrected chi connectivity index (χ3v) is 4.29. The summed E-state index contributed by atoms with van der Waals surface area (Å²) in [4.78, 5) is 13.5. The maximum absolute atomic E-state index is 13.0. The van der Waals surface area contributed by atoms with Crippen LogP contribution in [-0.4, -0.2) is 44.8 Å². The number of hydrogen-bond acceptors (Lipinski definition) is 4. The molecule has 1 amide bonds. The fourth-order valence-electron chi connectivity index (χ4n) is 1.39. The van der Waals surface area contributed by atoms with Crippen LogP contribution >= 0.6 is 22.6 Å². The summed E-state index contributed by atoms with van der Waals surface area (Å²) >= 11 is 1.99. The second kappa shape index (κ2) is 6.40. The molecule has 2 N–H and O–H groups in total. The molecule has 10 heteroatoms. The van der Waals surface area contributed by atoms with E-state index in [9.17, 15) is 22.0 Å². The molecule has 0 aromatic heterocycles. The highest BCUT2D eigenvalue weighted by Crippen LogP contribution is 2.22. The van der Waals surface area contributed by atoms with Crippen LogP contribution in [0.4, 0.5) is 14.5 Å². The summed E-state index contributed by atoms with van der Waals surface area (Å²) in [6.07, 6.45) is 0. The van der Waals surface area contributed by atoms with Gasteiger partial charge in [-0.2, -0.15) is 17.2 Å². The predicted octanol–water partition coefficient (Wildman–Crippen LogP) is 1.57. The zero-order valence-electron chi connectivity index (χ0n) is 11.1. The number of nitrogens with one attached hydrogen (secondary N) is 1. The third-order valence-electron chi connectivity index (χ3n) is 2.52. The predicted molar refractivity (Wildman–Crippen MR) is 82.3 cm³/mol. The Labute approximate surface area is 134 Å². The Hall–Kier alpha value is -1.01. The van der Waals surface area contributed by atoms with Crippen molar-refractivity contribution in [3.05, 3.63) is 27.3 Å². The zero-order chi connectivity index (χ0) is 16.4. The van der Waals surface area contributed by atoms with E-state index in [1.165, 1.54) is 12.1 Å². The van der Waals surface area contributed by atoms with Gasteiger partial charge in [-0.15, -0.1) is 0 Å². The molecule has 0 bridgehead atoms. The van der Waals surface area contributed by atoms with E-state index < -0.39 is 27.8 Å². The highest BCUT2D eigenvalue weighted by molar-refractivity contribution is 14.1. The molecule has 1 aromatic carbocycles. The lowest BCUT2D eigenvalue weighted by Crippen LogP contribution is -2.41. The van der Waals surface area contributed by atoms with Crippen molar-refractivity contribution < 1.29 is 26.5 Å². The Morgan fingerprint density at radius 3 is 2.43 bits per heavy atom. The van der Waals surface area contributed by atoms with Crippen molar-refractivity contribution in [2.24, 2.45) is 0 Å². The van der Waals surface area contributed by atoms with Gasteiger partial charge in [-0.05, 0) is 40.8 Å². The molecule has 6 nitrogen and oxygen atoms in total. The molecule has 0 heterocycles. The van der Waals surface area contributed by atoms with E-state index in [4.69, 9.17) is 4.55 Å². The number of alkyl halides is 2. The lowest BCUT2D eigenvalue weighted by atomic mass is 10.2. The molecule has 0 unspecified atom stereocenters. The van der Waals surface area contributed by atoms with Crippen molar-refractivity contribution in [1.82, 2.24) is 5.32 Å². The minimum absolute atomic E-state index is 0.108. The van der Waals surface area contributed by atoms with Crippen molar-refractivity contribution in [3.8, 4) is 0 Å². The summed E-state index contributed by atoms with van der Waals surface area (Å²) in [7, 11) is -1.94. The normalized spacial score (nSPS) is 12.1. The topological polar surface area (TPSA) is 86.7 Å². The highest BCUT2D eigenvalue weighted by Gasteiger charge is 2.44. The average molecular weight is 434 g/mol. The highest BCUT2D eigenvalue weighted by atomic mass is 127. The quantitative estimate of drug-likeness (QED) is 0.543. The number of hydrogen-bond donors (Lipinski definition) is 2. The summed E-state index contributed by atoms with van der Waals surface area (Å²) in [5.41, 5.74) is 0.951. The van der Waals surface area contributed by atoms with Crippen LogP contribution in [-0.2, 0) is 10.1 Å². The molecule has 1 aromatic rings. The van der Waals surface area contributed by atoms with Crippen LogP contribution in [0.5, 0.6) is 0 Å². The van der Waals surface area contributed by atoms with Crippen LogP contribution in [0.3, 0.4) is 0 Å². The first-order valence-corrected chi connectivity index (χ1v) is 8.07. The Bertz CT molecular complexity index is 650. The number of carbonyl (C=O) groups is 1. The number of benzene rings is 1. The molecule has 0 fully saturated rings. The molecule has 0 aliphatic rings. The van der Waals surface area contributed by atoms with E-state index in [1.807, 2.05) is 41.6 Å². The van der Waals surface area contributed by atoms with E-state index in [-0.39, 0.29) is 5.56 Å². The lowest BCUT2D eigenvalue weighted by Gasteiger charge is -2.16. The van der Waals surface area contributed by atoms with Gasteiger partial charge in [0.15, 0.2) is 0 Å².